The van der Waals surface area contributed by atoms with Gasteiger partial charge in [-0.3, -0.25) is 4.98 Å². The Bertz CT molecular complexity index is 648. The van der Waals surface area contributed by atoms with Gasteiger partial charge in [0.2, 0.25) is 0 Å². The minimum Gasteiger partial charge on any atom is -0.388 e. The van der Waals surface area contributed by atoms with Gasteiger partial charge in [0.1, 0.15) is 5.82 Å². The quantitative estimate of drug-likeness (QED) is 0.892. The molecule has 1 unspecified atom stereocenters. The van der Waals surface area contributed by atoms with Gasteiger partial charge in [-0.2, -0.15) is 0 Å². The molecule has 3 rings (SSSR count). The number of nitrogens with zero attached hydrogens (tertiary/aromatic N) is 1. The van der Waals surface area contributed by atoms with Crippen molar-refractivity contribution in [1.82, 2.24) is 4.98 Å². The fourth-order valence-electron chi connectivity index (χ4n) is 3.38. The zero-order chi connectivity index (χ0) is 15.0. The van der Waals surface area contributed by atoms with Crippen LogP contribution in [-0.2, 0) is 0 Å². The van der Waals surface area contributed by atoms with E-state index in [2.05, 4.69) is 4.98 Å². The molecule has 1 heterocycles. The van der Waals surface area contributed by atoms with E-state index in [1.807, 2.05) is 13.0 Å². The number of aliphatic hydroxyl groups is 1. The van der Waals surface area contributed by atoms with Crippen LogP contribution in [0.3, 0.4) is 0 Å². The fraction of sp³-hybridized carbons (Fsp3) is 0.471. The molecule has 0 spiro atoms. The normalized spacial score (nSPS) is 27.7. The van der Waals surface area contributed by atoms with E-state index in [1.165, 1.54) is 6.07 Å². The Morgan fingerprint density at radius 1 is 1.33 bits per heavy atom. The van der Waals surface area contributed by atoms with Crippen LogP contribution in [0.25, 0.3) is 10.9 Å². The first kappa shape index (κ1) is 14.4. The lowest BCUT2D eigenvalue weighted by atomic mass is 9.73. The highest BCUT2D eigenvalue weighted by Crippen LogP contribution is 2.41. The topological polar surface area (TPSA) is 59.1 Å². The third-order valence-corrected chi connectivity index (χ3v) is 4.88. The van der Waals surface area contributed by atoms with Crippen molar-refractivity contribution in [1.29, 1.82) is 0 Å². The summed E-state index contributed by atoms with van der Waals surface area (Å²) < 4.78 is 13.5. The van der Waals surface area contributed by atoms with Crippen molar-refractivity contribution < 1.29 is 9.50 Å². The maximum atomic E-state index is 13.5. The lowest BCUT2D eigenvalue weighted by Gasteiger charge is -2.39. The summed E-state index contributed by atoms with van der Waals surface area (Å²) in [5, 5.41) is 11.4. The monoisotopic (exact) mass is 288 g/mol. The Balaban J connectivity index is 1.91. The third kappa shape index (κ3) is 2.65. The van der Waals surface area contributed by atoms with Gasteiger partial charge in [-0.25, -0.2) is 4.39 Å². The standard InChI is InChI=1S/C17H21FN2O/c1-11(19)17(21)7-4-12(5-8-17)14-6-9-20-16-3-2-13(18)10-15(14)16/h2-3,6,9-12,21H,4-5,7-8,19H2,1H3. The van der Waals surface area contributed by atoms with Crippen molar-refractivity contribution in [3.8, 4) is 0 Å². The summed E-state index contributed by atoms with van der Waals surface area (Å²) in [6.45, 7) is 1.86. The molecule has 1 fully saturated rings. The van der Waals surface area contributed by atoms with Crippen LogP contribution >= 0.6 is 0 Å². The zero-order valence-corrected chi connectivity index (χ0v) is 12.2. The van der Waals surface area contributed by atoms with Crippen LogP contribution in [0.2, 0.25) is 0 Å². The van der Waals surface area contributed by atoms with E-state index in [0.29, 0.717) is 18.8 Å². The molecule has 0 radical (unpaired) electrons. The highest BCUT2D eigenvalue weighted by atomic mass is 19.1. The molecular weight excluding hydrogens is 267 g/mol. The van der Waals surface area contributed by atoms with Gasteiger partial charge in [0.25, 0.3) is 0 Å². The number of halogens is 1. The number of pyridine rings is 1. The number of nitrogens with two attached hydrogens (primary N) is 1. The van der Waals surface area contributed by atoms with Gasteiger partial charge in [-0.15, -0.1) is 0 Å². The maximum absolute atomic E-state index is 13.5. The van der Waals surface area contributed by atoms with Crippen LogP contribution in [-0.4, -0.2) is 21.7 Å². The molecule has 4 heteroatoms. The molecule has 1 aromatic carbocycles. The smallest absolute Gasteiger partial charge is 0.123 e. The van der Waals surface area contributed by atoms with E-state index < -0.39 is 5.60 Å². The summed E-state index contributed by atoms with van der Waals surface area (Å²) in [6.07, 6.45) is 4.90. The molecule has 1 aliphatic rings. The van der Waals surface area contributed by atoms with Crippen LogP contribution in [0.4, 0.5) is 4.39 Å². The molecule has 0 bridgehead atoms. The summed E-state index contributed by atoms with van der Waals surface area (Å²) in [5.74, 6) is 0.0935. The fourth-order valence-corrected chi connectivity index (χ4v) is 3.38. The summed E-state index contributed by atoms with van der Waals surface area (Å²) in [5.41, 5.74) is 7.08. The van der Waals surface area contributed by atoms with Gasteiger partial charge in [0.05, 0.1) is 11.1 Å². The van der Waals surface area contributed by atoms with Crippen LogP contribution in [0.15, 0.2) is 30.5 Å². The molecule has 1 saturated carbocycles. The summed E-state index contributed by atoms with van der Waals surface area (Å²) in [7, 11) is 0. The summed E-state index contributed by atoms with van der Waals surface area (Å²) in [6, 6.07) is 6.47. The first-order valence-corrected chi connectivity index (χ1v) is 7.52. The maximum Gasteiger partial charge on any atom is 0.123 e. The number of benzene rings is 1. The number of fused-ring (bicyclic) bond motifs is 1. The molecule has 1 atom stereocenters. The number of rotatable bonds is 2. The van der Waals surface area contributed by atoms with Gasteiger partial charge in [-0.1, -0.05) is 0 Å². The van der Waals surface area contributed by atoms with Crippen molar-refractivity contribution >= 4 is 10.9 Å². The predicted molar refractivity (Wildman–Crippen MR) is 81.5 cm³/mol. The average Bonchev–Trinajstić information content (AvgIpc) is 2.47. The summed E-state index contributed by atoms with van der Waals surface area (Å²) in [4.78, 5) is 4.30. The number of hydrogen-bond acceptors (Lipinski definition) is 3. The second-order valence-electron chi connectivity index (χ2n) is 6.23. The second kappa shape index (κ2) is 5.35. The first-order chi connectivity index (χ1) is 9.99. The Morgan fingerprint density at radius 2 is 2.05 bits per heavy atom. The largest absolute Gasteiger partial charge is 0.388 e. The van der Waals surface area contributed by atoms with Gasteiger partial charge in [0.15, 0.2) is 0 Å². The number of hydrogen-bond donors (Lipinski definition) is 2. The zero-order valence-electron chi connectivity index (χ0n) is 12.2. The molecular formula is C17H21FN2O. The van der Waals surface area contributed by atoms with E-state index >= 15 is 0 Å². The molecule has 3 N–H and O–H groups in total. The van der Waals surface area contributed by atoms with E-state index in [9.17, 15) is 9.50 Å². The lowest BCUT2D eigenvalue weighted by Crippen LogP contribution is -2.48. The average molecular weight is 288 g/mol. The first-order valence-electron chi connectivity index (χ1n) is 7.52. The minimum absolute atomic E-state index is 0.218. The molecule has 2 aromatic rings. The molecule has 0 amide bonds. The molecule has 0 aliphatic heterocycles. The molecule has 1 aliphatic carbocycles. The minimum atomic E-state index is -0.759. The molecule has 1 aromatic heterocycles. The molecule has 3 nitrogen and oxygen atoms in total. The Hall–Kier alpha value is -1.52. The van der Waals surface area contributed by atoms with Crippen molar-refractivity contribution in [2.45, 2.75) is 50.2 Å². The van der Waals surface area contributed by atoms with Crippen LogP contribution < -0.4 is 5.73 Å². The highest BCUT2D eigenvalue weighted by Gasteiger charge is 2.37. The van der Waals surface area contributed by atoms with Crippen LogP contribution in [0.1, 0.15) is 44.1 Å². The Morgan fingerprint density at radius 3 is 2.71 bits per heavy atom. The predicted octanol–water partition coefficient (Wildman–Crippen LogP) is 3.11. The second-order valence-corrected chi connectivity index (χ2v) is 6.23. The summed E-state index contributed by atoms with van der Waals surface area (Å²) >= 11 is 0. The van der Waals surface area contributed by atoms with E-state index in [0.717, 1.165) is 29.3 Å². The van der Waals surface area contributed by atoms with Gasteiger partial charge >= 0.3 is 0 Å². The van der Waals surface area contributed by atoms with Gasteiger partial charge < -0.3 is 10.8 Å². The van der Waals surface area contributed by atoms with E-state index in [1.54, 1.807) is 18.3 Å². The van der Waals surface area contributed by atoms with Crippen LogP contribution in [0, 0.1) is 5.82 Å². The van der Waals surface area contributed by atoms with Crippen molar-refractivity contribution in [3.63, 3.8) is 0 Å². The van der Waals surface area contributed by atoms with Crippen molar-refractivity contribution in [2.24, 2.45) is 5.73 Å². The Labute approximate surface area is 124 Å². The highest BCUT2D eigenvalue weighted by molar-refractivity contribution is 5.82. The number of aromatic nitrogens is 1. The molecule has 21 heavy (non-hydrogen) atoms. The van der Waals surface area contributed by atoms with E-state index in [4.69, 9.17) is 5.73 Å². The van der Waals surface area contributed by atoms with Crippen molar-refractivity contribution in [3.05, 3.63) is 41.8 Å². The SMILES string of the molecule is CC(N)C1(O)CCC(c2ccnc3ccc(F)cc23)CC1. The van der Waals surface area contributed by atoms with Gasteiger partial charge in [-0.05, 0) is 68.4 Å². The Kier molecular flexibility index (Phi) is 3.68. The van der Waals surface area contributed by atoms with Crippen LogP contribution in [0.5, 0.6) is 0 Å². The molecule has 112 valence electrons. The molecule has 0 saturated heterocycles. The van der Waals surface area contributed by atoms with E-state index in [-0.39, 0.29) is 11.9 Å². The third-order valence-electron chi connectivity index (χ3n) is 4.88. The van der Waals surface area contributed by atoms with Gasteiger partial charge in [0, 0.05) is 17.6 Å². The van der Waals surface area contributed by atoms with Crippen molar-refractivity contribution in [2.75, 3.05) is 0 Å². The lowest BCUT2D eigenvalue weighted by molar-refractivity contribution is -0.0188.